The van der Waals surface area contributed by atoms with E-state index in [9.17, 15) is 4.79 Å². The molecule has 1 aromatic carbocycles. The predicted molar refractivity (Wildman–Crippen MR) is 71.8 cm³/mol. The van der Waals surface area contributed by atoms with Gasteiger partial charge in [0, 0.05) is 11.6 Å². The number of carbonyl (C=O) groups is 1. The molecule has 0 atom stereocenters. The quantitative estimate of drug-likeness (QED) is 0.766. The number of carbonyl (C=O) groups excluding carboxylic acids is 1. The van der Waals surface area contributed by atoms with Crippen molar-refractivity contribution in [2.45, 2.75) is 6.42 Å². The largest absolute Gasteiger partial charge is 0.369 e. The van der Waals surface area contributed by atoms with E-state index in [2.05, 4.69) is 9.97 Å². The number of rotatable bonds is 3. The molecule has 3 aromatic rings. The van der Waals surface area contributed by atoms with Gasteiger partial charge in [-0.25, -0.2) is 9.97 Å². The van der Waals surface area contributed by atoms with E-state index in [4.69, 9.17) is 5.73 Å². The lowest BCUT2D eigenvalue weighted by atomic mass is 10.1. The van der Waals surface area contributed by atoms with Crippen LogP contribution in [0, 0.1) is 0 Å². The summed E-state index contributed by atoms with van der Waals surface area (Å²) < 4.78 is 1.97. The molecule has 2 N–H and O–H groups in total. The van der Waals surface area contributed by atoms with Crippen molar-refractivity contribution in [2.75, 3.05) is 0 Å². The summed E-state index contributed by atoms with van der Waals surface area (Å²) in [6.07, 6.45) is 7.08. The van der Waals surface area contributed by atoms with Gasteiger partial charge >= 0.3 is 0 Å². The van der Waals surface area contributed by atoms with Gasteiger partial charge in [0.1, 0.15) is 6.33 Å². The molecule has 0 saturated carbocycles. The van der Waals surface area contributed by atoms with E-state index in [1.54, 1.807) is 12.4 Å². The standard InChI is InChI=1S/C14H12N4O/c15-14(19)5-10-8-18(11-6-16-9-17-7-11)13-4-2-1-3-12(10)13/h1-4,6-9H,5H2,(H2,15,19). The monoisotopic (exact) mass is 252 g/mol. The predicted octanol–water partition coefficient (Wildman–Crippen LogP) is 1.45. The molecule has 2 heterocycles. The number of hydrogen-bond acceptors (Lipinski definition) is 3. The lowest BCUT2D eigenvalue weighted by Gasteiger charge is -2.02. The van der Waals surface area contributed by atoms with E-state index in [1.165, 1.54) is 6.33 Å². The van der Waals surface area contributed by atoms with Gasteiger partial charge in [-0.1, -0.05) is 18.2 Å². The van der Waals surface area contributed by atoms with E-state index in [-0.39, 0.29) is 12.3 Å². The van der Waals surface area contributed by atoms with Gasteiger partial charge in [0.05, 0.1) is 30.0 Å². The van der Waals surface area contributed by atoms with Crippen molar-refractivity contribution in [1.29, 1.82) is 0 Å². The molecule has 3 rings (SSSR count). The van der Waals surface area contributed by atoms with Crippen molar-refractivity contribution in [2.24, 2.45) is 5.73 Å². The molecule has 5 heteroatoms. The highest BCUT2D eigenvalue weighted by Crippen LogP contribution is 2.24. The molecule has 0 aliphatic heterocycles. The van der Waals surface area contributed by atoms with E-state index in [1.807, 2.05) is 35.0 Å². The number of amides is 1. The Bertz CT molecular complexity index is 734. The Balaban J connectivity index is 2.23. The Morgan fingerprint density at radius 1 is 1.21 bits per heavy atom. The molecule has 0 aliphatic rings. The van der Waals surface area contributed by atoms with Crippen molar-refractivity contribution in [3.8, 4) is 5.69 Å². The van der Waals surface area contributed by atoms with E-state index in [0.717, 1.165) is 22.2 Å². The lowest BCUT2D eigenvalue weighted by molar-refractivity contribution is -0.117. The van der Waals surface area contributed by atoms with Gasteiger partial charge in [-0.15, -0.1) is 0 Å². The lowest BCUT2D eigenvalue weighted by Crippen LogP contribution is -2.13. The number of aromatic nitrogens is 3. The van der Waals surface area contributed by atoms with Crippen molar-refractivity contribution >= 4 is 16.8 Å². The Morgan fingerprint density at radius 3 is 2.68 bits per heavy atom. The molecule has 0 unspecified atom stereocenters. The topological polar surface area (TPSA) is 73.8 Å². The molecule has 5 nitrogen and oxygen atoms in total. The maximum absolute atomic E-state index is 11.1. The van der Waals surface area contributed by atoms with Gasteiger partial charge in [-0.2, -0.15) is 0 Å². The summed E-state index contributed by atoms with van der Waals surface area (Å²) in [5.41, 5.74) is 8.06. The van der Waals surface area contributed by atoms with E-state index < -0.39 is 0 Å². The molecule has 19 heavy (non-hydrogen) atoms. The second-order valence-corrected chi connectivity index (χ2v) is 4.28. The summed E-state index contributed by atoms with van der Waals surface area (Å²) in [6, 6.07) is 7.87. The van der Waals surface area contributed by atoms with Crippen LogP contribution in [0.2, 0.25) is 0 Å². The second kappa shape index (κ2) is 4.53. The van der Waals surface area contributed by atoms with Gasteiger partial charge in [-0.3, -0.25) is 4.79 Å². The highest BCUT2D eigenvalue weighted by molar-refractivity contribution is 5.89. The third-order valence-electron chi connectivity index (χ3n) is 2.98. The molecule has 0 spiro atoms. The number of para-hydroxylation sites is 1. The summed E-state index contributed by atoms with van der Waals surface area (Å²) >= 11 is 0. The third kappa shape index (κ3) is 2.06. The third-order valence-corrected chi connectivity index (χ3v) is 2.98. The highest BCUT2D eigenvalue weighted by atomic mass is 16.1. The number of fused-ring (bicyclic) bond motifs is 1. The number of nitrogens with zero attached hydrogens (tertiary/aromatic N) is 3. The minimum Gasteiger partial charge on any atom is -0.369 e. The van der Waals surface area contributed by atoms with Crippen LogP contribution in [0.15, 0.2) is 49.2 Å². The smallest absolute Gasteiger partial charge is 0.221 e. The van der Waals surface area contributed by atoms with Crippen LogP contribution in [-0.2, 0) is 11.2 Å². The number of primary amides is 1. The van der Waals surface area contributed by atoms with Crippen LogP contribution in [0.25, 0.3) is 16.6 Å². The van der Waals surface area contributed by atoms with E-state index >= 15 is 0 Å². The SMILES string of the molecule is NC(=O)Cc1cn(-c2cncnc2)c2ccccc12. The molecule has 0 bridgehead atoms. The molecule has 0 aliphatic carbocycles. The number of benzene rings is 1. The fraction of sp³-hybridized carbons (Fsp3) is 0.0714. The fourth-order valence-electron chi connectivity index (χ4n) is 2.21. The first-order valence-electron chi connectivity index (χ1n) is 5.88. The maximum atomic E-state index is 11.1. The zero-order valence-electron chi connectivity index (χ0n) is 10.2. The Hall–Kier alpha value is -2.69. The molecule has 0 saturated heterocycles. The Morgan fingerprint density at radius 2 is 1.95 bits per heavy atom. The van der Waals surface area contributed by atoms with Gasteiger partial charge in [0.2, 0.25) is 5.91 Å². The van der Waals surface area contributed by atoms with Crippen LogP contribution in [0.1, 0.15) is 5.56 Å². The van der Waals surface area contributed by atoms with Crippen LogP contribution in [0.4, 0.5) is 0 Å². The first kappa shape index (κ1) is 11.4. The van der Waals surface area contributed by atoms with Crippen molar-refractivity contribution < 1.29 is 4.79 Å². The molecule has 2 aromatic heterocycles. The summed E-state index contributed by atoms with van der Waals surface area (Å²) in [5, 5.41) is 1.02. The van der Waals surface area contributed by atoms with Gasteiger partial charge in [-0.05, 0) is 11.6 Å². The zero-order chi connectivity index (χ0) is 13.2. The van der Waals surface area contributed by atoms with Crippen molar-refractivity contribution in [3.05, 3.63) is 54.7 Å². The minimum absolute atomic E-state index is 0.223. The molecular weight excluding hydrogens is 240 g/mol. The number of hydrogen-bond donors (Lipinski definition) is 1. The zero-order valence-corrected chi connectivity index (χ0v) is 10.2. The van der Waals surface area contributed by atoms with Crippen LogP contribution >= 0.6 is 0 Å². The average molecular weight is 252 g/mol. The Labute approximate surface area is 109 Å². The van der Waals surface area contributed by atoms with Gasteiger partial charge in [0.15, 0.2) is 0 Å². The van der Waals surface area contributed by atoms with Crippen molar-refractivity contribution in [1.82, 2.24) is 14.5 Å². The first-order chi connectivity index (χ1) is 9.25. The number of nitrogens with two attached hydrogens (primary N) is 1. The highest BCUT2D eigenvalue weighted by Gasteiger charge is 2.11. The fourth-order valence-corrected chi connectivity index (χ4v) is 2.21. The summed E-state index contributed by atoms with van der Waals surface area (Å²) in [4.78, 5) is 19.2. The summed E-state index contributed by atoms with van der Waals surface area (Å²) in [7, 11) is 0. The Kier molecular flexibility index (Phi) is 2.72. The van der Waals surface area contributed by atoms with Crippen LogP contribution in [0.5, 0.6) is 0 Å². The first-order valence-corrected chi connectivity index (χ1v) is 5.88. The maximum Gasteiger partial charge on any atom is 0.221 e. The minimum atomic E-state index is -0.341. The molecule has 0 radical (unpaired) electrons. The molecule has 0 fully saturated rings. The van der Waals surface area contributed by atoms with Gasteiger partial charge < -0.3 is 10.3 Å². The average Bonchev–Trinajstić information content (AvgIpc) is 2.78. The van der Waals surface area contributed by atoms with Crippen LogP contribution in [-0.4, -0.2) is 20.4 Å². The second-order valence-electron chi connectivity index (χ2n) is 4.28. The molecular formula is C14H12N4O. The van der Waals surface area contributed by atoms with Crippen LogP contribution in [0.3, 0.4) is 0 Å². The normalized spacial score (nSPS) is 10.7. The van der Waals surface area contributed by atoms with Gasteiger partial charge in [0.25, 0.3) is 0 Å². The van der Waals surface area contributed by atoms with E-state index in [0.29, 0.717) is 0 Å². The van der Waals surface area contributed by atoms with Crippen LogP contribution < -0.4 is 5.73 Å². The van der Waals surface area contributed by atoms with Crippen molar-refractivity contribution in [3.63, 3.8) is 0 Å². The molecule has 94 valence electrons. The summed E-state index contributed by atoms with van der Waals surface area (Å²) in [5.74, 6) is -0.341. The summed E-state index contributed by atoms with van der Waals surface area (Å²) in [6.45, 7) is 0. The molecule has 1 amide bonds.